The lowest BCUT2D eigenvalue weighted by Gasteiger charge is -2.26. The van der Waals surface area contributed by atoms with Gasteiger partial charge in [0.25, 0.3) is 0 Å². The van der Waals surface area contributed by atoms with E-state index in [4.69, 9.17) is 0 Å². The van der Waals surface area contributed by atoms with Crippen molar-refractivity contribution in [2.75, 3.05) is 25.0 Å². The summed E-state index contributed by atoms with van der Waals surface area (Å²) in [6.45, 7) is 2.65. The highest BCUT2D eigenvalue weighted by Gasteiger charge is 2.24. The van der Waals surface area contributed by atoms with Crippen molar-refractivity contribution in [1.29, 1.82) is 0 Å². The highest BCUT2D eigenvalue weighted by molar-refractivity contribution is 6.16. The third kappa shape index (κ3) is 5.62. The second-order valence-corrected chi connectivity index (χ2v) is 8.10. The van der Waals surface area contributed by atoms with Crippen LogP contribution in [0.2, 0.25) is 0 Å². The minimum atomic E-state index is -0.939. The Morgan fingerprint density at radius 3 is 2.41 bits per heavy atom. The number of carbonyl (C=O) groups is 1. The summed E-state index contributed by atoms with van der Waals surface area (Å²) >= 11 is 0. The van der Waals surface area contributed by atoms with Gasteiger partial charge in [-0.1, -0.05) is 78.9 Å². The number of carboxylic acid groups (broad SMARTS) is 1. The molecule has 0 saturated carbocycles. The number of hydrogen-bond acceptors (Lipinski definition) is 4. The number of benzene rings is 3. The second-order valence-electron chi connectivity index (χ2n) is 8.10. The van der Waals surface area contributed by atoms with Gasteiger partial charge in [-0.05, 0) is 31.0 Å². The Morgan fingerprint density at radius 1 is 0.969 bits per heavy atom. The molecule has 1 saturated heterocycles. The van der Waals surface area contributed by atoms with E-state index in [1.165, 1.54) is 18.4 Å². The number of likely N-dealkylation sites (tertiary alicyclic amines) is 1. The lowest BCUT2D eigenvalue weighted by molar-refractivity contribution is -0.135. The SMILES string of the molecule is O=C(O)CN=C(c1ccccc1)c1ccccc1NCC1CCCN1Cc1ccccc1. The van der Waals surface area contributed by atoms with Gasteiger partial charge in [-0.15, -0.1) is 0 Å². The molecule has 164 valence electrons. The van der Waals surface area contributed by atoms with Gasteiger partial charge in [0.1, 0.15) is 6.54 Å². The number of rotatable bonds is 9. The molecule has 5 nitrogen and oxygen atoms in total. The van der Waals surface area contributed by atoms with Crippen LogP contribution in [0, 0.1) is 0 Å². The van der Waals surface area contributed by atoms with Crippen LogP contribution in [0.5, 0.6) is 0 Å². The summed E-state index contributed by atoms with van der Waals surface area (Å²) < 4.78 is 0. The summed E-state index contributed by atoms with van der Waals surface area (Å²) in [6, 6.07) is 28.9. The Morgan fingerprint density at radius 2 is 1.66 bits per heavy atom. The van der Waals surface area contributed by atoms with Crippen LogP contribution in [0.1, 0.15) is 29.5 Å². The molecule has 0 spiro atoms. The minimum Gasteiger partial charge on any atom is -0.480 e. The van der Waals surface area contributed by atoms with Gasteiger partial charge < -0.3 is 10.4 Å². The molecule has 3 aromatic rings. The fourth-order valence-electron chi connectivity index (χ4n) is 4.30. The molecule has 1 aliphatic rings. The van der Waals surface area contributed by atoms with E-state index in [0.717, 1.165) is 36.4 Å². The molecule has 0 aromatic heterocycles. The molecule has 0 amide bonds. The zero-order valence-corrected chi connectivity index (χ0v) is 18.2. The van der Waals surface area contributed by atoms with E-state index in [9.17, 15) is 9.90 Å². The molecule has 5 heteroatoms. The molecule has 3 aromatic carbocycles. The normalized spacial score (nSPS) is 16.8. The third-order valence-electron chi connectivity index (χ3n) is 5.86. The van der Waals surface area contributed by atoms with Crippen molar-refractivity contribution in [3.63, 3.8) is 0 Å². The number of nitrogens with one attached hydrogen (secondary N) is 1. The van der Waals surface area contributed by atoms with Crippen LogP contribution in [0.15, 0.2) is 89.9 Å². The highest BCUT2D eigenvalue weighted by atomic mass is 16.4. The molecular formula is C27H29N3O2. The quantitative estimate of drug-likeness (QED) is 0.487. The average molecular weight is 428 g/mol. The number of aliphatic imine (C=N–C) groups is 1. The van der Waals surface area contributed by atoms with Crippen molar-refractivity contribution in [3.8, 4) is 0 Å². The smallest absolute Gasteiger partial charge is 0.325 e. The molecule has 1 atom stereocenters. The molecule has 32 heavy (non-hydrogen) atoms. The van der Waals surface area contributed by atoms with E-state index in [0.29, 0.717) is 11.8 Å². The van der Waals surface area contributed by atoms with E-state index in [-0.39, 0.29) is 6.54 Å². The first-order valence-electron chi connectivity index (χ1n) is 11.1. The molecule has 0 radical (unpaired) electrons. The molecule has 4 rings (SSSR count). The Bertz CT molecular complexity index is 1050. The van der Waals surface area contributed by atoms with E-state index < -0.39 is 5.97 Å². The van der Waals surface area contributed by atoms with Gasteiger partial charge >= 0.3 is 5.97 Å². The van der Waals surface area contributed by atoms with Gasteiger partial charge in [0.05, 0.1) is 5.71 Å². The Labute approximate surface area is 189 Å². The molecule has 1 unspecified atom stereocenters. The number of aliphatic carboxylic acids is 1. The van der Waals surface area contributed by atoms with Crippen molar-refractivity contribution in [2.24, 2.45) is 4.99 Å². The topological polar surface area (TPSA) is 64.9 Å². The summed E-state index contributed by atoms with van der Waals surface area (Å²) in [5, 5.41) is 12.8. The number of nitrogens with zero attached hydrogens (tertiary/aromatic N) is 2. The maximum atomic E-state index is 11.2. The predicted octanol–water partition coefficient (Wildman–Crippen LogP) is 4.69. The molecule has 0 aliphatic carbocycles. The summed E-state index contributed by atoms with van der Waals surface area (Å²) in [7, 11) is 0. The van der Waals surface area contributed by atoms with Gasteiger partial charge in [0, 0.05) is 35.9 Å². The van der Waals surface area contributed by atoms with E-state index in [1.54, 1.807) is 0 Å². The van der Waals surface area contributed by atoms with Gasteiger partial charge in [-0.25, -0.2) is 0 Å². The fraction of sp³-hybridized carbons (Fsp3) is 0.259. The van der Waals surface area contributed by atoms with E-state index in [1.807, 2.05) is 54.6 Å². The van der Waals surface area contributed by atoms with Crippen molar-refractivity contribution in [1.82, 2.24) is 4.90 Å². The first-order chi connectivity index (χ1) is 15.7. The van der Waals surface area contributed by atoms with Crippen LogP contribution in [0.3, 0.4) is 0 Å². The van der Waals surface area contributed by atoms with Crippen LogP contribution in [0.4, 0.5) is 5.69 Å². The average Bonchev–Trinajstić information content (AvgIpc) is 3.26. The monoisotopic (exact) mass is 427 g/mol. The standard InChI is InChI=1S/C27H29N3O2/c31-26(32)19-29-27(22-12-5-2-6-13-22)24-15-7-8-16-25(24)28-18-23-14-9-17-30(23)20-21-10-3-1-4-11-21/h1-8,10-13,15-16,23,28H,9,14,17-20H2,(H,31,32). The lowest BCUT2D eigenvalue weighted by atomic mass is 10.00. The van der Waals surface area contributed by atoms with Crippen LogP contribution >= 0.6 is 0 Å². The maximum Gasteiger partial charge on any atom is 0.325 e. The van der Waals surface area contributed by atoms with Crippen LogP contribution in [-0.2, 0) is 11.3 Å². The van der Waals surface area contributed by atoms with Crippen LogP contribution in [0.25, 0.3) is 0 Å². The fourth-order valence-corrected chi connectivity index (χ4v) is 4.30. The van der Waals surface area contributed by atoms with Gasteiger partial charge in [-0.3, -0.25) is 14.7 Å². The Balaban J connectivity index is 1.52. The van der Waals surface area contributed by atoms with Gasteiger partial charge in [0.2, 0.25) is 0 Å². The first-order valence-corrected chi connectivity index (χ1v) is 11.1. The Hall–Kier alpha value is -3.44. The zero-order valence-electron chi connectivity index (χ0n) is 18.2. The third-order valence-corrected chi connectivity index (χ3v) is 5.86. The molecule has 1 fully saturated rings. The number of para-hydroxylation sites is 1. The molecule has 2 N–H and O–H groups in total. The number of carboxylic acids is 1. The maximum absolute atomic E-state index is 11.2. The summed E-state index contributed by atoms with van der Waals surface area (Å²) in [6.07, 6.45) is 2.37. The van der Waals surface area contributed by atoms with Crippen molar-refractivity contribution in [3.05, 3.63) is 102 Å². The van der Waals surface area contributed by atoms with Crippen LogP contribution in [-0.4, -0.2) is 47.4 Å². The largest absolute Gasteiger partial charge is 0.480 e. The van der Waals surface area contributed by atoms with Crippen molar-refractivity contribution in [2.45, 2.75) is 25.4 Å². The number of anilines is 1. The summed E-state index contributed by atoms with van der Waals surface area (Å²) in [5.41, 5.74) is 4.85. The van der Waals surface area contributed by atoms with E-state index in [2.05, 4.69) is 45.5 Å². The van der Waals surface area contributed by atoms with Gasteiger partial charge in [-0.2, -0.15) is 0 Å². The Kier molecular flexibility index (Phi) is 7.31. The molecule has 0 bridgehead atoms. The predicted molar refractivity (Wildman–Crippen MR) is 129 cm³/mol. The van der Waals surface area contributed by atoms with Crippen molar-refractivity contribution >= 4 is 17.4 Å². The van der Waals surface area contributed by atoms with E-state index >= 15 is 0 Å². The lowest BCUT2D eigenvalue weighted by Crippen LogP contribution is -2.34. The molecule has 1 heterocycles. The minimum absolute atomic E-state index is 0.258. The van der Waals surface area contributed by atoms with Crippen molar-refractivity contribution < 1.29 is 9.90 Å². The molecular weight excluding hydrogens is 398 g/mol. The van der Waals surface area contributed by atoms with Crippen LogP contribution < -0.4 is 5.32 Å². The van der Waals surface area contributed by atoms with Gasteiger partial charge in [0.15, 0.2) is 0 Å². The first kappa shape index (κ1) is 21.8. The summed E-state index contributed by atoms with van der Waals surface area (Å²) in [4.78, 5) is 18.2. The number of hydrogen-bond donors (Lipinski definition) is 2. The zero-order chi connectivity index (χ0) is 22.2. The second kappa shape index (κ2) is 10.7. The molecule has 1 aliphatic heterocycles. The highest BCUT2D eigenvalue weighted by Crippen LogP contribution is 2.24. The summed E-state index contributed by atoms with van der Waals surface area (Å²) in [5.74, 6) is -0.939.